The molecule has 2 rings (SSSR count). The molecule has 0 radical (unpaired) electrons. The fraction of sp³-hybridized carbons (Fsp3) is 0.308. The largest absolute Gasteiger partial charge is 0.378 e. The lowest BCUT2D eigenvalue weighted by molar-refractivity contribution is 0.181. The molecule has 2 heterocycles. The molecule has 0 aliphatic carbocycles. The lowest BCUT2D eigenvalue weighted by atomic mass is 10.1. The van der Waals surface area contributed by atoms with Gasteiger partial charge in [0.05, 0.1) is 15.9 Å². The number of methoxy groups -OCH3 is 1. The van der Waals surface area contributed by atoms with Crippen molar-refractivity contribution >= 4 is 28.4 Å². The number of nitrogens with zero attached hydrogens (tertiary/aromatic N) is 3. The van der Waals surface area contributed by atoms with Crippen LogP contribution in [0.25, 0.3) is 11.4 Å². The van der Waals surface area contributed by atoms with Gasteiger partial charge in [0.2, 0.25) is 0 Å². The van der Waals surface area contributed by atoms with Crippen molar-refractivity contribution in [3.05, 3.63) is 33.3 Å². The number of nitrogens with one attached hydrogen (secondary N) is 1. The monoisotopic (exact) mass is 370 g/mol. The molecule has 0 saturated heterocycles. The number of hydrogen-bond donors (Lipinski definition) is 1. The second-order valence-electron chi connectivity index (χ2n) is 4.03. The first-order valence-corrected chi connectivity index (χ1v) is 6.89. The number of pyridine rings is 1. The molecular weight excluding hydrogens is 355 g/mol. The molecule has 0 aromatic carbocycles. The fourth-order valence-corrected chi connectivity index (χ4v) is 2.38. The first kappa shape index (κ1) is 14.1. The smallest absolute Gasteiger partial charge is 0.163 e. The van der Waals surface area contributed by atoms with E-state index >= 15 is 0 Å². The van der Waals surface area contributed by atoms with Gasteiger partial charge in [-0.05, 0) is 41.1 Å². The lowest BCUT2D eigenvalue weighted by Crippen LogP contribution is -2.06. The summed E-state index contributed by atoms with van der Waals surface area (Å²) < 4.78 is 6.17. The van der Waals surface area contributed by atoms with Crippen molar-refractivity contribution in [3.8, 4) is 11.4 Å². The van der Waals surface area contributed by atoms with Gasteiger partial charge in [-0.3, -0.25) is 4.98 Å². The Bertz CT molecular complexity index is 589. The Morgan fingerprint density at radius 3 is 2.79 bits per heavy atom. The predicted octanol–water partition coefficient (Wildman–Crippen LogP) is 2.64. The van der Waals surface area contributed by atoms with Crippen LogP contribution in [0.3, 0.4) is 0 Å². The van der Waals surface area contributed by atoms with Crippen LogP contribution in [0.15, 0.2) is 18.5 Å². The zero-order valence-corrected chi connectivity index (χ0v) is 13.2. The molecule has 100 valence electrons. The summed E-state index contributed by atoms with van der Waals surface area (Å²) >= 11 is 2.23. The van der Waals surface area contributed by atoms with Gasteiger partial charge >= 0.3 is 0 Å². The van der Waals surface area contributed by atoms with Gasteiger partial charge in [-0.1, -0.05) is 0 Å². The molecule has 2 aromatic rings. The van der Waals surface area contributed by atoms with Crippen molar-refractivity contribution in [1.82, 2.24) is 15.0 Å². The summed E-state index contributed by atoms with van der Waals surface area (Å²) in [4.78, 5) is 13.3. The van der Waals surface area contributed by atoms with Crippen molar-refractivity contribution in [2.45, 2.75) is 13.5 Å². The second-order valence-corrected chi connectivity index (χ2v) is 5.11. The van der Waals surface area contributed by atoms with Crippen LogP contribution in [0.4, 0.5) is 5.82 Å². The van der Waals surface area contributed by atoms with Crippen LogP contribution in [0.1, 0.15) is 11.3 Å². The normalized spacial score (nSPS) is 10.5. The molecule has 0 aliphatic rings. The third-order valence-electron chi connectivity index (χ3n) is 2.72. The molecule has 5 nitrogen and oxygen atoms in total. The quantitative estimate of drug-likeness (QED) is 0.839. The maximum absolute atomic E-state index is 5.19. The van der Waals surface area contributed by atoms with E-state index in [4.69, 9.17) is 4.74 Å². The van der Waals surface area contributed by atoms with Crippen molar-refractivity contribution in [2.24, 2.45) is 0 Å². The van der Waals surface area contributed by atoms with Crippen molar-refractivity contribution < 1.29 is 4.74 Å². The van der Waals surface area contributed by atoms with E-state index in [0.29, 0.717) is 12.4 Å². The summed E-state index contributed by atoms with van der Waals surface area (Å²) in [5.41, 5.74) is 2.91. The van der Waals surface area contributed by atoms with E-state index in [9.17, 15) is 0 Å². The number of rotatable bonds is 4. The van der Waals surface area contributed by atoms with E-state index < -0.39 is 0 Å². The van der Waals surface area contributed by atoms with E-state index in [0.717, 1.165) is 26.2 Å². The van der Waals surface area contributed by atoms with Gasteiger partial charge in [0.15, 0.2) is 5.82 Å². The number of halogens is 1. The fourth-order valence-electron chi connectivity index (χ4n) is 1.71. The molecule has 0 spiro atoms. The molecule has 0 atom stereocenters. The Balaban J connectivity index is 2.58. The maximum atomic E-state index is 5.19. The average Bonchev–Trinajstić information content (AvgIpc) is 2.42. The zero-order valence-electron chi connectivity index (χ0n) is 11.1. The number of ether oxygens (including phenoxy) is 1. The Hall–Kier alpha value is -1.28. The molecule has 0 bridgehead atoms. The Morgan fingerprint density at radius 2 is 2.16 bits per heavy atom. The summed E-state index contributed by atoms with van der Waals surface area (Å²) in [6, 6.07) is 1.95. The molecule has 6 heteroatoms. The van der Waals surface area contributed by atoms with Gasteiger partial charge < -0.3 is 10.1 Å². The van der Waals surface area contributed by atoms with Gasteiger partial charge in [0.1, 0.15) is 5.82 Å². The van der Waals surface area contributed by atoms with Crippen LogP contribution in [0.5, 0.6) is 0 Å². The summed E-state index contributed by atoms with van der Waals surface area (Å²) in [6.07, 6.45) is 3.55. The summed E-state index contributed by atoms with van der Waals surface area (Å²) in [5.74, 6) is 1.48. The van der Waals surface area contributed by atoms with E-state index in [1.165, 1.54) is 0 Å². The van der Waals surface area contributed by atoms with E-state index in [-0.39, 0.29) is 0 Å². The number of hydrogen-bond acceptors (Lipinski definition) is 5. The SMILES string of the molecule is CNc1nc(-c2cnccc2C)nc(COC)c1I. The van der Waals surface area contributed by atoms with Crippen LogP contribution in [0.2, 0.25) is 0 Å². The predicted molar refractivity (Wildman–Crippen MR) is 83.0 cm³/mol. The molecule has 1 N–H and O–H groups in total. The summed E-state index contributed by atoms with van der Waals surface area (Å²) in [7, 11) is 3.51. The minimum absolute atomic E-state index is 0.460. The van der Waals surface area contributed by atoms with E-state index in [1.54, 1.807) is 19.5 Å². The van der Waals surface area contributed by atoms with Gasteiger partial charge in [-0.2, -0.15) is 0 Å². The highest BCUT2D eigenvalue weighted by molar-refractivity contribution is 14.1. The van der Waals surface area contributed by atoms with Crippen molar-refractivity contribution in [3.63, 3.8) is 0 Å². The number of anilines is 1. The third kappa shape index (κ3) is 3.01. The highest BCUT2D eigenvalue weighted by Crippen LogP contribution is 2.25. The molecule has 2 aromatic heterocycles. The van der Waals surface area contributed by atoms with Crippen LogP contribution in [-0.4, -0.2) is 29.1 Å². The van der Waals surface area contributed by atoms with Crippen LogP contribution < -0.4 is 5.32 Å². The van der Waals surface area contributed by atoms with Gasteiger partial charge in [-0.25, -0.2) is 9.97 Å². The molecule has 0 unspecified atom stereocenters. The van der Waals surface area contributed by atoms with Gasteiger partial charge in [-0.15, -0.1) is 0 Å². The molecule has 0 amide bonds. The Kier molecular flexibility index (Phi) is 4.65. The second kappa shape index (κ2) is 6.25. The Morgan fingerprint density at radius 1 is 1.37 bits per heavy atom. The van der Waals surface area contributed by atoms with Crippen LogP contribution in [-0.2, 0) is 11.3 Å². The zero-order chi connectivity index (χ0) is 13.8. The highest BCUT2D eigenvalue weighted by atomic mass is 127. The average molecular weight is 370 g/mol. The summed E-state index contributed by atoms with van der Waals surface area (Å²) in [5, 5.41) is 3.09. The minimum Gasteiger partial charge on any atom is -0.378 e. The van der Waals surface area contributed by atoms with Gasteiger partial charge in [0, 0.05) is 32.1 Å². The topological polar surface area (TPSA) is 59.9 Å². The number of aromatic nitrogens is 3. The van der Waals surface area contributed by atoms with Gasteiger partial charge in [0.25, 0.3) is 0 Å². The molecule has 0 saturated carbocycles. The third-order valence-corrected chi connectivity index (χ3v) is 3.85. The van der Waals surface area contributed by atoms with E-state index in [2.05, 4.69) is 42.9 Å². The molecule has 19 heavy (non-hydrogen) atoms. The van der Waals surface area contributed by atoms with Crippen LogP contribution in [0, 0.1) is 10.5 Å². The highest BCUT2D eigenvalue weighted by Gasteiger charge is 2.13. The van der Waals surface area contributed by atoms with E-state index in [1.807, 2.05) is 20.0 Å². The Labute approximate surface area is 126 Å². The molecule has 0 fully saturated rings. The summed E-state index contributed by atoms with van der Waals surface area (Å²) in [6.45, 7) is 2.48. The van der Waals surface area contributed by atoms with Crippen molar-refractivity contribution in [1.29, 1.82) is 0 Å². The van der Waals surface area contributed by atoms with Crippen molar-refractivity contribution in [2.75, 3.05) is 19.5 Å². The number of aryl methyl sites for hydroxylation is 1. The standard InChI is InChI=1S/C13H15IN4O/c1-8-4-5-16-6-9(8)12-17-10(7-19-3)11(14)13(15-2)18-12/h4-6H,7H2,1-3H3,(H,15,17,18). The first-order chi connectivity index (χ1) is 9.17. The lowest BCUT2D eigenvalue weighted by Gasteiger charge is -2.11. The minimum atomic E-state index is 0.460. The van der Waals surface area contributed by atoms with Crippen LogP contribution >= 0.6 is 22.6 Å². The first-order valence-electron chi connectivity index (χ1n) is 5.81. The maximum Gasteiger partial charge on any atom is 0.163 e. The molecule has 0 aliphatic heterocycles. The molecular formula is C13H15IN4O.